The molecule has 0 spiro atoms. The lowest BCUT2D eigenvalue weighted by Gasteiger charge is -2.13. The third-order valence-corrected chi connectivity index (χ3v) is 3.99. The highest BCUT2D eigenvalue weighted by atomic mass is 32.1. The summed E-state index contributed by atoms with van der Waals surface area (Å²) in [5, 5.41) is 23.5. The van der Waals surface area contributed by atoms with Crippen LogP contribution in [-0.2, 0) is 0 Å². The molecule has 1 N–H and O–H groups in total. The first-order valence-electron chi connectivity index (χ1n) is 5.86. The highest BCUT2D eigenvalue weighted by Crippen LogP contribution is 2.31. The molecule has 2 aromatic heterocycles. The SMILES string of the molecule is CC(Nc1ccc([N+](=O)[O-])c2nonc12)c1cccs1. The first kappa shape index (κ1) is 12.5. The van der Waals surface area contributed by atoms with Crippen molar-refractivity contribution >= 4 is 33.7 Å². The van der Waals surface area contributed by atoms with E-state index in [0.717, 1.165) is 4.88 Å². The summed E-state index contributed by atoms with van der Waals surface area (Å²) in [6, 6.07) is 7.08. The molecule has 0 aliphatic heterocycles. The fourth-order valence-corrected chi connectivity index (χ4v) is 2.69. The van der Waals surface area contributed by atoms with Gasteiger partial charge in [-0.15, -0.1) is 11.3 Å². The van der Waals surface area contributed by atoms with Crippen molar-refractivity contribution in [2.24, 2.45) is 0 Å². The Morgan fingerprint density at radius 2 is 2.15 bits per heavy atom. The minimum absolute atomic E-state index is 0.0661. The average molecular weight is 290 g/mol. The van der Waals surface area contributed by atoms with Crippen molar-refractivity contribution in [3.63, 3.8) is 0 Å². The van der Waals surface area contributed by atoms with Crippen molar-refractivity contribution in [2.75, 3.05) is 5.32 Å². The Morgan fingerprint density at radius 3 is 2.85 bits per heavy atom. The second-order valence-electron chi connectivity index (χ2n) is 4.23. The Morgan fingerprint density at radius 1 is 1.35 bits per heavy atom. The zero-order valence-electron chi connectivity index (χ0n) is 10.4. The Labute approximate surface area is 117 Å². The van der Waals surface area contributed by atoms with Gasteiger partial charge in [-0.3, -0.25) is 10.1 Å². The lowest BCUT2D eigenvalue weighted by Crippen LogP contribution is -2.05. The van der Waals surface area contributed by atoms with Gasteiger partial charge in [0.2, 0.25) is 5.52 Å². The Kier molecular flexibility index (Phi) is 3.07. The van der Waals surface area contributed by atoms with Gasteiger partial charge >= 0.3 is 5.69 Å². The average Bonchev–Trinajstić information content (AvgIpc) is 3.10. The van der Waals surface area contributed by atoms with E-state index in [-0.39, 0.29) is 17.2 Å². The van der Waals surface area contributed by atoms with Crippen molar-refractivity contribution < 1.29 is 9.55 Å². The summed E-state index contributed by atoms with van der Waals surface area (Å²) >= 11 is 1.64. The van der Waals surface area contributed by atoms with Crippen LogP contribution in [0, 0.1) is 10.1 Å². The lowest BCUT2D eigenvalue weighted by atomic mass is 10.2. The van der Waals surface area contributed by atoms with Gasteiger partial charge in [0, 0.05) is 10.9 Å². The first-order valence-corrected chi connectivity index (χ1v) is 6.74. The normalized spacial score (nSPS) is 12.4. The fraction of sp³-hybridized carbons (Fsp3) is 0.167. The van der Waals surface area contributed by atoms with E-state index in [0.29, 0.717) is 11.2 Å². The minimum Gasteiger partial charge on any atom is -0.376 e. The molecule has 0 aliphatic carbocycles. The van der Waals surface area contributed by atoms with Crippen LogP contribution in [0.4, 0.5) is 11.4 Å². The molecular formula is C12H10N4O3S. The van der Waals surface area contributed by atoms with Gasteiger partial charge in [0.1, 0.15) is 0 Å². The van der Waals surface area contributed by atoms with Crippen molar-refractivity contribution in [2.45, 2.75) is 13.0 Å². The van der Waals surface area contributed by atoms with E-state index in [4.69, 9.17) is 0 Å². The van der Waals surface area contributed by atoms with Gasteiger partial charge in [-0.2, -0.15) is 0 Å². The van der Waals surface area contributed by atoms with Gasteiger partial charge in [0.15, 0.2) is 5.52 Å². The highest BCUT2D eigenvalue weighted by molar-refractivity contribution is 7.10. The number of hydrogen-bond donors (Lipinski definition) is 1. The zero-order chi connectivity index (χ0) is 14.1. The maximum Gasteiger partial charge on any atom is 0.300 e. The van der Waals surface area contributed by atoms with Crippen molar-refractivity contribution in [3.8, 4) is 0 Å². The maximum absolute atomic E-state index is 10.9. The minimum atomic E-state index is -0.501. The molecule has 0 bridgehead atoms. The van der Waals surface area contributed by atoms with Crippen molar-refractivity contribution in [3.05, 3.63) is 44.6 Å². The number of fused-ring (bicyclic) bond motifs is 1. The molecule has 0 saturated carbocycles. The number of nitro groups is 1. The molecule has 20 heavy (non-hydrogen) atoms. The lowest BCUT2D eigenvalue weighted by molar-refractivity contribution is -0.383. The van der Waals surface area contributed by atoms with Gasteiger partial charge in [0.05, 0.1) is 16.7 Å². The number of nitro benzene ring substituents is 1. The van der Waals surface area contributed by atoms with Gasteiger partial charge in [-0.25, -0.2) is 4.63 Å². The summed E-state index contributed by atoms with van der Waals surface area (Å²) in [7, 11) is 0. The molecule has 7 nitrogen and oxygen atoms in total. The standard InChI is InChI=1S/C12H10N4O3S/c1-7(10-3-2-6-20-10)13-8-4-5-9(16(17)18)12-11(8)14-19-15-12/h2-7,13H,1H3. The number of benzene rings is 1. The second kappa shape index (κ2) is 4.89. The smallest absolute Gasteiger partial charge is 0.300 e. The zero-order valence-corrected chi connectivity index (χ0v) is 11.3. The van der Waals surface area contributed by atoms with Gasteiger partial charge in [-0.1, -0.05) is 6.07 Å². The Bertz CT molecular complexity index is 753. The van der Waals surface area contributed by atoms with E-state index in [1.54, 1.807) is 17.4 Å². The van der Waals surface area contributed by atoms with Crippen molar-refractivity contribution in [1.29, 1.82) is 0 Å². The molecule has 0 radical (unpaired) electrons. The third kappa shape index (κ3) is 2.10. The number of aromatic nitrogens is 2. The number of non-ortho nitro benzene ring substituents is 1. The molecule has 3 rings (SSSR count). The number of rotatable bonds is 4. The molecule has 2 heterocycles. The Hall–Kier alpha value is -2.48. The number of thiophene rings is 1. The van der Waals surface area contributed by atoms with Gasteiger partial charge < -0.3 is 5.32 Å². The van der Waals surface area contributed by atoms with Crippen LogP contribution in [0.1, 0.15) is 17.8 Å². The summed E-state index contributed by atoms with van der Waals surface area (Å²) in [4.78, 5) is 11.6. The van der Waals surface area contributed by atoms with Crippen LogP contribution in [0.25, 0.3) is 11.0 Å². The molecule has 0 saturated heterocycles. The topological polar surface area (TPSA) is 94.1 Å². The number of anilines is 1. The van der Waals surface area contributed by atoms with Crippen LogP contribution in [-0.4, -0.2) is 15.2 Å². The number of hydrogen-bond acceptors (Lipinski definition) is 7. The molecule has 102 valence electrons. The number of nitrogens with one attached hydrogen (secondary N) is 1. The maximum atomic E-state index is 10.9. The molecule has 3 aromatic rings. The molecule has 0 amide bonds. The predicted octanol–water partition coefficient (Wildman–Crippen LogP) is 3.37. The molecular weight excluding hydrogens is 280 g/mol. The highest BCUT2D eigenvalue weighted by Gasteiger charge is 2.20. The summed E-state index contributed by atoms with van der Waals surface area (Å²) in [6.45, 7) is 2.01. The molecule has 1 unspecified atom stereocenters. The first-order chi connectivity index (χ1) is 9.66. The van der Waals surface area contributed by atoms with Crippen LogP contribution in [0.5, 0.6) is 0 Å². The molecule has 8 heteroatoms. The molecule has 0 fully saturated rings. The van der Waals surface area contributed by atoms with E-state index < -0.39 is 4.92 Å². The quantitative estimate of drug-likeness (QED) is 0.584. The second-order valence-corrected chi connectivity index (χ2v) is 5.21. The third-order valence-electron chi connectivity index (χ3n) is 2.93. The summed E-state index contributed by atoms with van der Waals surface area (Å²) in [6.07, 6.45) is 0. The summed E-state index contributed by atoms with van der Waals surface area (Å²) in [5.74, 6) is 0. The van der Waals surface area contributed by atoms with Crippen LogP contribution >= 0.6 is 11.3 Å². The summed E-state index contributed by atoms with van der Waals surface area (Å²) in [5.41, 5.74) is 1.06. The van der Waals surface area contributed by atoms with E-state index in [1.807, 2.05) is 24.4 Å². The molecule has 1 aromatic carbocycles. The fourth-order valence-electron chi connectivity index (χ4n) is 1.96. The van der Waals surface area contributed by atoms with E-state index in [2.05, 4.69) is 20.3 Å². The van der Waals surface area contributed by atoms with E-state index >= 15 is 0 Å². The van der Waals surface area contributed by atoms with Crippen LogP contribution in [0.2, 0.25) is 0 Å². The summed E-state index contributed by atoms with van der Waals surface area (Å²) < 4.78 is 4.63. The number of nitrogens with zero attached hydrogens (tertiary/aromatic N) is 3. The van der Waals surface area contributed by atoms with E-state index in [1.165, 1.54) is 6.07 Å². The monoisotopic (exact) mass is 290 g/mol. The molecule has 0 aliphatic rings. The molecule has 1 atom stereocenters. The van der Waals surface area contributed by atoms with Crippen LogP contribution in [0.15, 0.2) is 34.3 Å². The van der Waals surface area contributed by atoms with Crippen molar-refractivity contribution in [1.82, 2.24) is 10.3 Å². The predicted molar refractivity (Wildman–Crippen MR) is 74.8 cm³/mol. The van der Waals surface area contributed by atoms with Gasteiger partial charge in [0.25, 0.3) is 0 Å². The van der Waals surface area contributed by atoms with E-state index in [9.17, 15) is 10.1 Å². The van der Waals surface area contributed by atoms with Crippen LogP contribution < -0.4 is 5.32 Å². The van der Waals surface area contributed by atoms with Crippen LogP contribution in [0.3, 0.4) is 0 Å². The van der Waals surface area contributed by atoms with Gasteiger partial charge in [-0.05, 0) is 34.7 Å². The Balaban J connectivity index is 1.99. The largest absolute Gasteiger partial charge is 0.376 e.